The highest BCUT2D eigenvalue weighted by molar-refractivity contribution is 7.10. The number of nitrogens with zero attached hydrogens (tertiary/aromatic N) is 1. The molecule has 2 rings (SSSR count). The minimum atomic E-state index is -0.451. The number of rotatable bonds is 5. The molecule has 2 N–H and O–H groups in total. The average molecular weight is 262 g/mol. The molecule has 18 heavy (non-hydrogen) atoms. The van der Waals surface area contributed by atoms with Gasteiger partial charge < -0.3 is 15.3 Å². The fourth-order valence-electron chi connectivity index (χ4n) is 1.69. The van der Waals surface area contributed by atoms with Crippen molar-refractivity contribution in [2.45, 2.75) is 6.10 Å². The van der Waals surface area contributed by atoms with E-state index in [9.17, 15) is 5.11 Å². The number of hydrogen-bond donors (Lipinski definition) is 2. The molecule has 4 heteroatoms. The largest absolute Gasteiger partial charge is 0.386 e. The molecule has 0 aliphatic rings. The molecule has 0 spiro atoms. The van der Waals surface area contributed by atoms with Gasteiger partial charge in [0.05, 0.1) is 0 Å². The predicted octanol–water partition coefficient (Wildman–Crippen LogP) is 2.96. The summed E-state index contributed by atoms with van der Waals surface area (Å²) in [6.07, 6.45) is -0.451. The Labute approximate surface area is 112 Å². The second kappa shape index (κ2) is 5.89. The minimum absolute atomic E-state index is 0.451. The van der Waals surface area contributed by atoms with Gasteiger partial charge in [0, 0.05) is 36.9 Å². The summed E-state index contributed by atoms with van der Waals surface area (Å²) in [7, 11) is 4.03. The molecule has 0 amide bonds. The van der Waals surface area contributed by atoms with Crippen LogP contribution in [0.3, 0.4) is 0 Å². The highest BCUT2D eigenvalue weighted by Crippen LogP contribution is 2.21. The normalized spacial score (nSPS) is 12.2. The van der Waals surface area contributed by atoms with Crippen molar-refractivity contribution in [3.63, 3.8) is 0 Å². The SMILES string of the molecule is CN(C)c1cccc(NCC(O)c2cccs2)c1. The number of aliphatic hydroxyl groups is 1. The van der Waals surface area contributed by atoms with E-state index in [1.54, 1.807) is 11.3 Å². The zero-order chi connectivity index (χ0) is 13.0. The number of hydrogen-bond acceptors (Lipinski definition) is 4. The van der Waals surface area contributed by atoms with Crippen molar-refractivity contribution in [1.82, 2.24) is 0 Å². The molecular weight excluding hydrogens is 244 g/mol. The molecular formula is C14H18N2OS. The van der Waals surface area contributed by atoms with E-state index in [1.807, 2.05) is 43.7 Å². The third-order valence-electron chi connectivity index (χ3n) is 2.73. The molecule has 2 aromatic rings. The molecule has 1 atom stereocenters. The zero-order valence-electron chi connectivity index (χ0n) is 10.6. The van der Waals surface area contributed by atoms with Crippen LogP contribution in [0.2, 0.25) is 0 Å². The van der Waals surface area contributed by atoms with Crippen LogP contribution < -0.4 is 10.2 Å². The fourth-order valence-corrected chi connectivity index (χ4v) is 2.40. The summed E-state index contributed by atoms with van der Waals surface area (Å²) in [5.74, 6) is 0. The van der Waals surface area contributed by atoms with Crippen molar-refractivity contribution in [2.75, 3.05) is 30.9 Å². The third-order valence-corrected chi connectivity index (χ3v) is 3.71. The Morgan fingerprint density at radius 2 is 2.11 bits per heavy atom. The average Bonchev–Trinajstić information content (AvgIpc) is 2.90. The summed E-state index contributed by atoms with van der Waals surface area (Å²) in [5.41, 5.74) is 2.17. The first-order valence-electron chi connectivity index (χ1n) is 5.89. The van der Waals surface area contributed by atoms with Crippen LogP contribution in [0.5, 0.6) is 0 Å². The van der Waals surface area contributed by atoms with Crippen molar-refractivity contribution in [2.24, 2.45) is 0 Å². The Balaban J connectivity index is 1.96. The van der Waals surface area contributed by atoms with Gasteiger partial charge in [-0.15, -0.1) is 11.3 Å². The Hall–Kier alpha value is -1.52. The van der Waals surface area contributed by atoms with Crippen LogP contribution in [-0.4, -0.2) is 25.7 Å². The summed E-state index contributed by atoms with van der Waals surface area (Å²) < 4.78 is 0. The van der Waals surface area contributed by atoms with Crippen molar-refractivity contribution in [1.29, 1.82) is 0 Å². The molecule has 1 unspecified atom stereocenters. The number of aliphatic hydroxyl groups excluding tert-OH is 1. The second-order valence-corrected chi connectivity index (χ2v) is 5.34. The summed E-state index contributed by atoms with van der Waals surface area (Å²) in [6.45, 7) is 0.525. The lowest BCUT2D eigenvalue weighted by atomic mass is 10.2. The Kier molecular flexibility index (Phi) is 4.23. The van der Waals surface area contributed by atoms with E-state index in [4.69, 9.17) is 0 Å². The van der Waals surface area contributed by atoms with Crippen LogP contribution in [0.15, 0.2) is 41.8 Å². The monoisotopic (exact) mass is 262 g/mol. The number of nitrogens with one attached hydrogen (secondary N) is 1. The van der Waals surface area contributed by atoms with Crippen LogP contribution >= 0.6 is 11.3 Å². The van der Waals surface area contributed by atoms with E-state index >= 15 is 0 Å². The quantitative estimate of drug-likeness (QED) is 0.869. The zero-order valence-corrected chi connectivity index (χ0v) is 11.4. The van der Waals surface area contributed by atoms with Gasteiger partial charge in [-0.05, 0) is 29.6 Å². The van der Waals surface area contributed by atoms with Crippen LogP contribution in [-0.2, 0) is 0 Å². The molecule has 0 bridgehead atoms. The standard InChI is InChI=1S/C14H18N2OS/c1-16(2)12-6-3-5-11(9-12)15-10-13(17)14-7-4-8-18-14/h3-9,13,15,17H,10H2,1-2H3. The number of anilines is 2. The maximum Gasteiger partial charge on any atom is 0.105 e. The first-order valence-corrected chi connectivity index (χ1v) is 6.77. The summed E-state index contributed by atoms with van der Waals surface area (Å²) >= 11 is 1.58. The molecule has 96 valence electrons. The van der Waals surface area contributed by atoms with Gasteiger partial charge in [0.2, 0.25) is 0 Å². The summed E-state index contributed by atoms with van der Waals surface area (Å²) in [5, 5.41) is 15.2. The third kappa shape index (κ3) is 3.24. The maximum absolute atomic E-state index is 9.99. The van der Waals surface area contributed by atoms with Crippen LogP contribution in [0.4, 0.5) is 11.4 Å². The molecule has 3 nitrogen and oxygen atoms in total. The lowest BCUT2D eigenvalue weighted by molar-refractivity contribution is 0.195. The highest BCUT2D eigenvalue weighted by atomic mass is 32.1. The molecule has 0 saturated heterocycles. The molecule has 0 aliphatic heterocycles. The van der Waals surface area contributed by atoms with Crippen molar-refractivity contribution in [3.8, 4) is 0 Å². The second-order valence-electron chi connectivity index (χ2n) is 4.36. The lowest BCUT2D eigenvalue weighted by Gasteiger charge is -2.15. The Morgan fingerprint density at radius 3 is 2.78 bits per heavy atom. The van der Waals surface area contributed by atoms with Crippen LogP contribution in [0.1, 0.15) is 11.0 Å². The van der Waals surface area contributed by atoms with Gasteiger partial charge in [0.1, 0.15) is 6.10 Å². The molecule has 1 aromatic heterocycles. The van der Waals surface area contributed by atoms with Gasteiger partial charge in [-0.1, -0.05) is 12.1 Å². The van der Waals surface area contributed by atoms with E-state index in [0.717, 1.165) is 16.3 Å². The fraction of sp³-hybridized carbons (Fsp3) is 0.286. The van der Waals surface area contributed by atoms with Crippen LogP contribution in [0, 0.1) is 0 Å². The topological polar surface area (TPSA) is 35.5 Å². The first-order chi connectivity index (χ1) is 8.66. The molecule has 1 heterocycles. The van der Waals surface area contributed by atoms with Gasteiger partial charge >= 0.3 is 0 Å². The van der Waals surface area contributed by atoms with E-state index in [1.165, 1.54) is 0 Å². The Bertz CT molecular complexity index is 482. The van der Waals surface area contributed by atoms with Gasteiger partial charge in [0.15, 0.2) is 0 Å². The van der Waals surface area contributed by atoms with Crippen LogP contribution in [0.25, 0.3) is 0 Å². The van der Waals surface area contributed by atoms with Crippen molar-refractivity contribution >= 4 is 22.7 Å². The summed E-state index contributed by atoms with van der Waals surface area (Å²) in [6, 6.07) is 12.1. The number of thiophene rings is 1. The van der Waals surface area contributed by atoms with Crippen molar-refractivity contribution < 1.29 is 5.11 Å². The molecule has 0 fully saturated rings. The van der Waals surface area contributed by atoms with Gasteiger partial charge in [-0.25, -0.2) is 0 Å². The van der Waals surface area contributed by atoms with E-state index in [2.05, 4.69) is 22.3 Å². The molecule has 0 radical (unpaired) electrons. The van der Waals surface area contributed by atoms with Crippen molar-refractivity contribution in [3.05, 3.63) is 46.7 Å². The van der Waals surface area contributed by atoms with Gasteiger partial charge in [-0.2, -0.15) is 0 Å². The highest BCUT2D eigenvalue weighted by Gasteiger charge is 2.08. The van der Waals surface area contributed by atoms with E-state index < -0.39 is 6.10 Å². The summed E-state index contributed by atoms with van der Waals surface area (Å²) in [4.78, 5) is 3.05. The van der Waals surface area contributed by atoms with E-state index in [0.29, 0.717) is 6.54 Å². The lowest BCUT2D eigenvalue weighted by Crippen LogP contribution is -2.12. The maximum atomic E-state index is 9.99. The van der Waals surface area contributed by atoms with Gasteiger partial charge in [-0.3, -0.25) is 0 Å². The predicted molar refractivity (Wildman–Crippen MR) is 78.5 cm³/mol. The minimum Gasteiger partial charge on any atom is -0.386 e. The first kappa shape index (κ1) is 12.9. The molecule has 1 aromatic carbocycles. The number of benzene rings is 1. The molecule has 0 aliphatic carbocycles. The van der Waals surface area contributed by atoms with E-state index in [-0.39, 0.29) is 0 Å². The smallest absolute Gasteiger partial charge is 0.105 e. The molecule has 0 saturated carbocycles. The van der Waals surface area contributed by atoms with Gasteiger partial charge in [0.25, 0.3) is 0 Å². The Morgan fingerprint density at radius 1 is 1.28 bits per heavy atom.